The maximum atomic E-state index is 14.1. The van der Waals surface area contributed by atoms with Crippen LogP contribution in [0.3, 0.4) is 0 Å². The van der Waals surface area contributed by atoms with E-state index in [2.05, 4.69) is 20.8 Å². The van der Waals surface area contributed by atoms with Crippen molar-refractivity contribution in [1.82, 2.24) is 25.5 Å². The summed E-state index contributed by atoms with van der Waals surface area (Å²) >= 11 is 1.28. The molecule has 0 amide bonds. The third-order valence-electron chi connectivity index (χ3n) is 3.13. The average molecular weight is 293 g/mol. The monoisotopic (exact) mass is 293 g/mol. The standard InChI is InChI=1S/C13H16FN5S/c1-2-15-8-9-3-6-12(11(14)7-9)20-13-16-17-18-19(13)10-4-5-10/h3,6-7,10,15H,2,4-5,8H2,1H3. The van der Waals surface area contributed by atoms with E-state index >= 15 is 0 Å². The molecule has 1 aromatic heterocycles. The fourth-order valence-electron chi connectivity index (χ4n) is 1.91. The molecule has 0 radical (unpaired) electrons. The summed E-state index contributed by atoms with van der Waals surface area (Å²) in [5, 5.41) is 15.5. The van der Waals surface area contributed by atoms with E-state index in [1.165, 1.54) is 11.8 Å². The molecule has 1 aromatic carbocycles. The van der Waals surface area contributed by atoms with Gasteiger partial charge in [0.05, 0.1) is 10.9 Å². The Balaban J connectivity index is 1.75. The molecule has 1 fully saturated rings. The molecule has 0 aliphatic heterocycles. The molecule has 7 heteroatoms. The molecule has 0 bridgehead atoms. The van der Waals surface area contributed by atoms with Gasteiger partial charge in [-0.05, 0) is 59.3 Å². The van der Waals surface area contributed by atoms with Crippen LogP contribution in [0.25, 0.3) is 0 Å². The van der Waals surface area contributed by atoms with Gasteiger partial charge in [0.2, 0.25) is 5.16 Å². The zero-order valence-electron chi connectivity index (χ0n) is 11.2. The first-order valence-electron chi connectivity index (χ1n) is 6.72. The molecule has 0 atom stereocenters. The summed E-state index contributed by atoms with van der Waals surface area (Å²) in [5.74, 6) is -0.226. The number of nitrogens with one attached hydrogen (secondary N) is 1. The zero-order valence-corrected chi connectivity index (χ0v) is 12.0. The highest BCUT2D eigenvalue weighted by Gasteiger charge is 2.28. The lowest BCUT2D eigenvalue weighted by atomic mass is 10.2. The van der Waals surface area contributed by atoms with E-state index in [0.29, 0.717) is 22.6 Å². The van der Waals surface area contributed by atoms with Crippen LogP contribution in [0.1, 0.15) is 31.4 Å². The summed E-state index contributed by atoms with van der Waals surface area (Å²) < 4.78 is 15.9. The number of tetrazole rings is 1. The number of halogens is 1. The minimum Gasteiger partial charge on any atom is -0.313 e. The Morgan fingerprint density at radius 3 is 3.00 bits per heavy atom. The Morgan fingerprint density at radius 1 is 1.45 bits per heavy atom. The van der Waals surface area contributed by atoms with Gasteiger partial charge in [0.1, 0.15) is 5.82 Å². The van der Waals surface area contributed by atoms with E-state index in [0.717, 1.165) is 24.9 Å². The van der Waals surface area contributed by atoms with Crippen LogP contribution >= 0.6 is 11.8 Å². The summed E-state index contributed by atoms with van der Waals surface area (Å²) in [6, 6.07) is 5.68. The molecule has 2 aromatic rings. The number of hydrogen-bond acceptors (Lipinski definition) is 5. The molecule has 1 saturated carbocycles. The second-order valence-corrected chi connectivity index (χ2v) is 5.79. The van der Waals surface area contributed by atoms with Crippen molar-refractivity contribution in [2.24, 2.45) is 0 Å². The summed E-state index contributed by atoms with van der Waals surface area (Å²) in [6.07, 6.45) is 2.20. The molecule has 106 valence electrons. The Bertz CT molecular complexity index is 596. The largest absolute Gasteiger partial charge is 0.313 e. The van der Waals surface area contributed by atoms with E-state index < -0.39 is 0 Å². The van der Waals surface area contributed by atoms with Gasteiger partial charge in [-0.15, -0.1) is 5.10 Å². The van der Waals surface area contributed by atoms with Gasteiger partial charge in [-0.25, -0.2) is 9.07 Å². The fraction of sp³-hybridized carbons (Fsp3) is 0.462. The van der Waals surface area contributed by atoms with Gasteiger partial charge in [-0.1, -0.05) is 13.0 Å². The lowest BCUT2D eigenvalue weighted by Gasteiger charge is -2.06. The molecule has 1 aliphatic rings. The topological polar surface area (TPSA) is 55.6 Å². The number of benzene rings is 1. The molecule has 1 N–H and O–H groups in total. The Kier molecular flexibility index (Phi) is 3.98. The highest BCUT2D eigenvalue weighted by Crippen LogP contribution is 2.38. The maximum Gasteiger partial charge on any atom is 0.214 e. The predicted octanol–water partition coefficient (Wildman–Crippen LogP) is 2.41. The van der Waals surface area contributed by atoms with Gasteiger partial charge in [0.15, 0.2) is 0 Å². The molecule has 1 aliphatic carbocycles. The third-order valence-corrected chi connectivity index (χ3v) is 4.13. The Morgan fingerprint density at radius 2 is 2.30 bits per heavy atom. The summed E-state index contributed by atoms with van der Waals surface area (Å²) in [5.41, 5.74) is 0.940. The van der Waals surface area contributed by atoms with Crippen molar-refractivity contribution in [1.29, 1.82) is 0 Å². The van der Waals surface area contributed by atoms with Gasteiger partial charge in [-0.3, -0.25) is 0 Å². The van der Waals surface area contributed by atoms with Crippen molar-refractivity contribution in [3.05, 3.63) is 29.6 Å². The molecule has 5 nitrogen and oxygen atoms in total. The molecule has 0 saturated heterocycles. The number of rotatable bonds is 6. The zero-order chi connectivity index (χ0) is 13.9. The Labute approximate surface area is 120 Å². The van der Waals surface area contributed by atoms with Crippen LogP contribution in [0.2, 0.25) is 0 Å². The Hall–Kier alpha value is -1.47. The second kappa shape index (κ2) is 5.88. The van der Waals surface area contributed by atoms with Crippen LogP contribution in [0.5, 0.6) is 0 Å². The van der Waals surface area contributed by atoms with Crippen molar-refractivity contribution in [2.45, 2.75) is 42.4 Å². The van der Waals surface area contributed by atoms with Crippen molar-refractivity contribution in [2.75, 3.05) is 6.54 Å². The number of aromatic nitrogens is 4. The molecule has 0 unspecified atom stereocenters. The quantitative estimate of drug-likeness (QED) is 0.886. The van der Waals surface area contributed by atoms with Crippen molar-refractivity contribution < 1.29 is 4.39 Å². The van der Waals surface area contributed by atoms with Crippen LogP contribution in [-0.4, -0.2) is 26.8 Å². The maximum absolute atomic E-state index is 14.1. The minimum absolute atomic E-state index is 0.226. The van der Waals surface area contributed by atoms with Crippen molar-refractivity contribution >= 4 is 11.8 Å². The van der Waals surface area contributed by atoms with Crippen LogP contribution in [-0.2, 0) is 6.54 Å². The van der Waals surface area contributed by atoms with Gasteiger partial charge in [-0.2, -0.15) is 0 Å². The molecule has 0 spiro atoms. The van der Waals surface area contributed by atoms with E-state index in [-0.39, 0.29) is 5.82 Å². The first-order chi connectivity index (χ1) is 9.78. The second-order valence-electron chi connectivity index (χ2n) is 4.78. The minimum atomic E-state index is -0.226. The van der Waals surface area contributed by atoms with Gasteiger partial charge in [0, 0.05) is 6.54 Å². The molecule has 20 heavy (non-hydrogen) atoms. The highest BCUT2D eigenvalue weighted by atomic mass is 32.2. The summed E-state index contributed by atoms with van der Waals surface area (Å²) in [7, 11) is 0. The van der Waals surface area contributed by atoms with Crippen LogP contribution in [0.15, 0.2) is 28.3 Å². The highest BCUT2D eigenvalue weighted by molar-refractivity contribution is 7.99. The number of hydrogen-bond donors (Lipinski definition) is 1. The van der Waals surface area contributed by atoms with Gasteiger partial charge < -0.3 is 5.32 Å². The van der Waals surface area contributed by atoms with E-state index in [4.69, 9.17) is 0 Å². The van der Waals surface area contributed by atoms with E-state index in [1.54, 1.807) is 16.8 Å². The number of nitrogens with zero attached hydrogens (tertiary/aromatic N) is 4. The summed E-state index contributed by atoms with van der Waals surface area (Å²) in [4.78, 5) is 0.557. The van der Waals surface area contributed by atoms with Crippen molar-refractivity contribution in [3.8, 4) is 0 Å². The van der Waals surface area contributed by atoms with Crippen LogP contribution < -0.4 is 5.32 Å². The average Bonchev–Trinajstić information content (AvgIpc) is 3.19. The van der Waals surface area contributed by atoms with Gasteiger partial charge >= 0.3 is 0 Å². The normalized spacial score (nSPS) is 14.7. The lowest BCUT2D eigenvalue weighted by Crippen LogP contribution is -2.11. The van der Waals surface area contributed by atoms with E-state index in [9.17, 15) is 4.39 Å². The summed E-state index contributed by atoms with van der Waals surface area (Å²) in [6.45, 7) is 3.57. The lowest BCUT2D eigenvalue weighted by molar-refractivity contribution is 0.563. The SMILES string of the molecule is CCNCc1ccc(Sc2nnnn2C2CC2)c(F)c1. The predicted molar refractivity (Wildman–Crippen MR) is 74.0 cm³/mol. The molecular formula is C13H16FN5S. The molecule has 1 heterocycles. The van der Waals surface area contributed by atoms with Crippen LogP contribution in [0.4, 0.5) is 4.39 Å². The van der Waals surface area contributed by atoms with E-state index in [1.807, 2.05) is 13.0 Å². The first-order valence-corrected chi connectivity index (χ1v) is 7.54. The van der Waals surface area contributed by atoms with Gasteiger partial charge in [0.25, 0.3) is 0 Å². The smallest absolute Gasteiger partial charge is 0.214 e. The molecular weight excluding hydrogens is 277 g/mol. The third kappa shape index (κ3) is 2.99. The van der Waals surface area contributed by atoms with Crippen LogP contribution in [0, 0.1) is 5.82 Å². The first kappa shape index (κ1) is 13.5. The van der Waals surface area contributed by atoms with Crippen molar-refractivity contribution in [3.63, 3.8) is 0 Å². The molecule has 3 rings (SSSR count). The fourth-order valence-corrected chi connectivity index (χ4v) is 2.75.